The van der Waals surface area contributed by atoms with Crippen molar-refractivity contribution in [3.05, 3.63) is 70.3 Å². The zero-order valence-electron chi connectivity index (χ0n) is 17.3. The Kier molecular flexibility index (Phi) is 7.28. The van der Waals surface area contributed by atoms with Crippen molar-refractivity contribution in [2.75, 3.05) is 17.2 Å². The van der Waals surface area contributed by atoms with E-state index >= 15 is 0 Å². The summed E-state index contributed by atoms with van der Waals surface area (Å²) in [7, 11) is 0. The van der Waals surface area contributed by atoms with Crippen LogP contribution in [-0.2, 0) is 6.54 Å². The summed E-state index contributed by atoms with van der Waals surface area (Å²) < 4.78 is 41.8. The summed E-state index contributed by atoms with van der Waals surface area (Å²) in [5, 5.41) is 26.2. The summed E-state index contributed by atoms with van der Waals surface area (Å²) in [6.07, 6.45) is -4.83. The summed E-state index contributed by atoms with van der Waals surface area (Å²) in [5.41, 5.74) is 1.21. The first-order valence-corrected chi connectivity index (χ1v) is 9.73. The van der Waals surface area contributed by atoms with E-state index in [1.807, 2.05) is 0 Å². The highest BCUT2D eigenvalue weighted by Crippen LogP contribution is 2.29. The quantitative estimate of drug-likeness (QED) is 0.316. The Balaban J connectivity index is 1.90. The SMILES string of the molecule is C[C@H](CO)Nc1nc(NCc2cccc([N+](=O)[O-])c2)cc(-c2cccc(OC(F)(F)F)c2)n1. The maximum Gasteiger partial charge on any atom is 0.573 e. The van der Waals surface area contributed by atoms with Crippen LogP contribution in [-0.4, -0.2) is 39.0 Å². The highest BCUT2D eigenvalue weighted by Gasteiger charge is 2.31. The number of alkyl halides is 3. The number of rotatable bonds is 9. The molecule has 2 aromatic carbocycles. The second-order valence-electron chi connectivity index (χ2n) is 7.05. The first kappa shape index (κ1) is 23.7. The van der Waals surface area contributed by atoms with Crippen molar-refractivity contribution < 1.29 is 27.9 Å². The third-order valence-electron chi connectivity index (χ3n) is 4.33. The number of benzene rings is 2. The molecular formula is C21H20F3N5O4. The predicted octanol–water partition coefficient (Wildman–Crippen LogP) is 4.36. The highest BCUT2D eigenvalue weighted by atomic mass is 19.4. The highest BCUT2D eigenvalue weighted by molar-refractivity contribution is 5.66. The normalized spacial score (nSPS) is 12.2. The molecule has 3 N–H and O–H groups in total. The molecule has 0 aliphatic heterocycles. The van der Waals surface area contributed by atoms with Crippen LogP contribution in [0.5, 0.6) is 5.75 Å². The summed E-state index contributed by atoms with van der Waals surface area (Å²) in [4.78, 5) is 19.1. The van der Waals surface area contributed by atoms with Crippen LogP contribution in [0.25, 0.3) is 11.3 Å². The van der Waals surface area contributed by atoms with Gasteiger partial charge in [-0.25, -0.2) is 4.98 Å². The van der Waals surface area contributed by atoms with Gasteiger partial charge in [-0.3, -0.25) is 10.1 Å². The fourth-order valence-electron chi connectivity index (χ4n) is 2.84. The summed E-state index contributed by atoms with van der Waals surface area (Å²) in [6.45, 7) is 1.70. The minimum Gasteiger partial charge on any atom is -0.406 e. The van der Waals surface area contributed by atoms with Crippen molar-refractivity contribution in [2.24, 2.45) is 0 Å². The minimum absolute atomic E-state index is 0.0571. The molecule has 0 saturated heterocycles. The van der Waals surface area contributed by atoms with E-state index in [1.165, 1.54) is 36.4 Å². The monoisotopic (exact) mass is 463 g/mol. The van der Waals surface area contributed by atoms with Crippen LogP contribution < -0.4 is 15.4 Å². The van der Waals surface area contributed by atoms with E-state index in [-0.39, 0.29) is 30.8 Å². The fourth-order valence-corrected chi connectivity index (χ4v) is 2.84. The molecule has 0 bridgehead atoms. The van der Waals surface area contributed by atoms with Crippen LogP contribution in [0.1, 0.15) is 12.5 Å². The van der Waals surface area contributed by atoms with Gasteiger partial charge < -0.3 is 20.5 Å². The standard InChI is InChI=1S/C21H20F3N5O4/c1-13(12-30)26-20-27-18(15-5-3-7-17(9-15)33-21(22,23)24)10-19(28-20)25-11-14-4-2-6-16(8-14)29(31)32/h2-10,13,30H,11-12H2,1H3,(H2,25,26,27,28)/t13-/m1/s1. The number of nitrogens with one attached hydrogen (secondary N) is 2. The van der Waals surface area contributed by atoms with Gasteiger partial charge in [0.05, 0.1) is 17.2 Å². The number of non-ortho nitro benzene ring substituents is 1. The molecule has 0 radical (unpaired) electrons. The molecule has 12 heteroatoms. The molecule has 0 fully saturated rings. The number of aliphatic hydroxyl groups is 1. The lowest BCUT2D eigenvalue weighted by Crippen LogP contribution is -2.21. The number of halogens is 3. The number of hydrogen-bond acceptors (Lipinski definition) is 8. The first-order valence-electron chi connectivity index (χ1n) is 9.73. The van der Waals surface area contributed by atoms with Crippen molar-refractivity contribution in [3.63, 3.8) is 0 Å². The number of aromatic nitrogens is 2. The van der Waals surface area contributed by atoms with E-state index in [0.29, 0.717) is 22.6 Å². The third kappa shape index (κ3) is 7.04. The molecule has 1 aromatic heterocycles. The van der Waals surface area contributed by atoms with Crippen LogP contribution >= 0.6 is 0 Å². The van der Waals surface area contributed by atoms with Gasteiger partial charge in [-0.2, -0.15) is 4.98 Å². The van der Waals surface area contributed by atoms with Crippen LogP contribution in [0.15, 0.2) is 54.6 Å². The summed E-state index contributed by atoms with van der Waals surface area (Å²) >= 11 is 0. The van der Waals surface area contributed by atoms with Crippen molar-refractivity contribution >= 4 is 17.5 Å². The molecule has 33 heavy (non-hydrogen) atoms. The van der Waals surface area contributed by atoms with E-state index in [1.54, 1.807) is 25.1 Å². The molecule has 174 valence electrons. The van der Waals surface area contributed by atoms with E-state index in [2.05, 4.69) is 25.3 Å². The van der Waals surface area contributed by atoms with Gasteiger partial charge >= 0.3 is 6.36 Å². The van der Waals surface area contributed by atoms with Crippen molar-refractivity contribution in [2.45, 2.75) is 25.9 Å². The van der Waals surface area contributed by atoms with Gasteiger partial charge in [0.2, 0.25) is 5.95 Å². The lowest BCUT2D eigenvalue weighted by atomic mass is 10.1. The Labute approximate surface area is 186 Å². The van der Waals surface area contributed by atoms with E-state index in [0.717, 1.165) is 0 Å². The molecule has 3 aromatic rings. The number of aliphatic hydroxyl groups excluding tert-OH is 1. The van der Waals surface area contributed by atoms with Gasteiger partial charge in [0, 0.05) is 36.3 Å². The molecule has 1 atom stereocenters. The Morgan fingerprint density at radius 3 is 2.61 bits per heavy atom. The minimum atomic E-state index is -4.83. The molecular weight excluding hydrogens is 443 g/mol. The maximum atomic E-state index is 12.6. The van der Waals surface area contributed by atoms with Gasteiger partial charge in [0.25, 0.3) is 5.69 Å². The van der Waals surface area contributed by atoms with Gasteiger partial charge in [-0.05, 0) is 24.6 Å². The summed E-state index contributed by atoms with van der Waals surface area (Å²) in [6, 6.07) is 12.5. The Bertz CT molecular complexity index is 1130. The molecule has 0 aliphatic rings. The van der Waals surface area contributed by atoms with E-state index < -0.39 is 17.0 Å². The largest absolute Gasteiger partial charge is 0.573 e. The average Bonchev–Trinajstić information content (AvgIpc) is 2.76. The van der Waals surface area contributed by atoms with Gasteiger partial charge in [0.1, 0.15) is 11.6 Å². The van der Waals surface area contributed by atoms with Crippen LogP contribution in [0.2, 0.25) is 0 Å². The van der Waals surface area contributed by atoms with Gasteiger partial charge in [-0.15, -0.1) is 13.2 Å². The zero-order chi connectivity index (χ0) is 24.0. The molecule has 0 unspecified atom stereocenters. The molecule has 0 aliphatic carbocycles. The maximum absolute atomic E-state index is 12.6. The number of hydrogen-bond donors (Lipinski definition) is 3. The predicted molar refractivity (Wildman–Crippen MR) is 115 cm³/mol. The average molecular weight is 463 g/mol. The van der Waals surface area contributed by atoms with E-state index in [4.69, 9.17) is 0 Å². The van der Waals surface area contributed by atoms with Crippen LogP contribution in [0.4, 0.5) is 30.6 Å². The van der Waals surface area contributed by atoms with E-state index in [9.17, 15) is 28.4 Å². The Morgan fingerprint density at radius 2 is 1.91 bits per heavy atom. The molecule has 0 spiro atoms. The number of ether oxygens (including phenoxy) is 1. The third-order valence-corrected chi connectivity index (χ3v) is 4.33. The molecule has 0 amide bonds. The second-order valence-corrected chi connectivity index (χ2v) is 7.05. The van der Waals surface area contributed by atoms with Crippen LogP contribution in [0.3, 0.4) is 0 Å². The molecule has 9 nitrogen and oxygen atoms in total. The lowest BCUT2D eigenvalue weighted by molar-refractivity contribution is -0.384. The fraction of sp³-hybridized carbons (Fsp3) is 0.238. The number of nitro groups is 1. The van der Waals surface area contributed by atoms with Gasteiger partial charge in [0.15, 0.2) is 0 Å². The molecule has 1 heterocycles. The molecule has 0 saturated carbocycles. The second kappa shape index (κ2) is 10.1. The van der Waals surface area contributed by atoms with Crippen molar-refractivity contribution in [1.29, 1.82) is 0 Å². The Hall–Kier alpha value is -3.93. The van der Waals surface area contributed by atoms with Crippen molar-refractivity contribution in [3.8, 4) is 17.0 Å². The van der Waals surface area contributed by atoms with Gasteiger partial charge in [-0.1, -0.05) is 24.3 Å². The zero-order valence-corrected chi connectivity index (χ0v) is 17.3. The summed E-state index contributed by atoms with van der Waals surface area (Å²) in [5.74, 6) is 0.0574. The topological polar surface area (TPSA) is 122 Å². The van der Waals surface area contributed by atoms with Crippen molar-refractivity contribution in [1.82, 2.24) is 9.97 Å². The Morgan fingerprint density at radius 1 is 1.15 bits per heavy atom. The smallest absolute Gasteiger partial charge is 0.406 e. The first-order chi connectivity index (χ1) is 15.6. The van der Waals surface area contributed by atoms with Crippen LogP contribution in [0, 0.1) is 10.1 Å². The number of nitrogens with zero attached hydrogens (tertiary/aromatic N) is 3. The number of nitro benzene ring substituents is 1. The molecule has 3 rings (SSSR count). The number of anilines is 2. The lowest BCUT2D eigenvalue weighted by Gasteiger charge is -2.15.